The average molecular weight is 333 g/mol. The van der Waals surface area contributed by atoms with E-state index in [4.69, 9.17) is 27.9 Å². The van der Waals surface area contributed by atoms with Crippen molar-refractivity contribution in [2.75, 3.05) is 52.5 Å². The third-order valence-corrected chi connectivity index (χ3v) is 4.54. The van der Waals surface area contributed by atoms with Gasteiger partial charge in [-0.2, -0.15) is 0 Å². The molecule has 1 aliphatic rings. The second-order valence-electron chi connectivity index (χ2n) is 5.17. The first-order chi connectivity index (χ1) is 10.2. The van der Waals surface area contributed by atoms with Gasteiger partial charge in [-0.05, 0) is 11.6 Å². The van der Waals surface area contributed by atoms with E-state index in [0.29, 0.717) is 23.1 Å². The van der Waals surface area contributed by atoms with Crippen LogP contribution in [0.15, 0.2) is 18.2 Å². The van der Waals surface area contributed by atoms with Gasteiger partial charge < -0.3 is 9.84 Å². The van der Waals surface area contributed by atoms with E-state index >= 15 is 0 Å². The number of hydrogen-bond donors (Lipinski definition) is 1. The SMILES string of the molecule is OCCN(CCN1CCOCC1)Cc1cccc(Cl)c1Cl. The summed E-state index contributed by atoms with van der Waals surface area (Å²) in [7, 11) is 0. The lowest BCUT2D eigenvalue weighted by Crippen LogP contribution is -2.41. The monoisotopic (exact) mass is 332 g/mol. The van der Waals surface area contributed by atoms with Gasteiger partial charge in [-0.3, -0.25) is 9.80 Å². The van der Waals surface area contributed by atoms with E-state index in [2.05, 4.69) is 9.80 Å². The van der Waals surface area contributed by atoms with Gasteiger partial charge in [0, 0.05) is 39.3 Å². The molecule has 0 unspecified atom stereocenters. The maximum atomic E-state index is 9.24. The number of hydrogen-bond acceptors (Lipinski definition) is 4. The molecule has 118 valence electrons. The maximum Gasteiger partial charge on any atom is 0.0637 e. The minimum absolute atomic E-state index is 0.140. The molecule has 1 aliphatic heterocycles. The second kappa shape index (κ2) is 8.93. The van der Waals surface area contributed by atoms with E-state index < -0.39 is 0 Å². The van der Waals surface area contributed by atoms with Gasteiger partial charge in [-0.1, -0.05) is 35.3 Å². The molecule has 0 spiro atoms. The predicted octanol–water partition coefficient (Wildman–Crippen LogP) is 2.12. The summed E-state index contributed by atoms with van der Waals surface area (Å²) in [4.78, 5) is 4.58. The van der Waals surface area contributed by atoms with Crippen molar-refractivity contribution in [2.24, 2.45) is 0 Å². The third-order valence-electron chi connectivity index (χ3n) is 3.68. The molecule has 4 nitrogen and oxygen atoms in total. The van der Waals surface area contributed by atoms with E-state index in [1.54, 1.807) is 6.07 Å². The molecular formula is C15H22Cl2N2O2. The molecule has 2 rings (SSSR count). The number of ether oxygens (including phenoxy) is 1. The number of nitrogens with zero attached hydrogens (tertiary/aromatic N) is 2. The Labute approximate surface area is 136 Å². The van der Waals surface area contributed by atoms with E-state index in [9.17, 15) is 5.11 Å². The number of halogens is 2. The lowest BCUT2D eigenvalue weighted by molar-refractivity contribution is 0.0320. The van der Waals surface area contributed by atoms with Crippen LogP contribution in [-0.2, 0) is 11.3 Å². The van der Waals surface area contributed by atoms with E-state index in [1.807, 2.05) is 12.1 Å². The number of morpholine rings is 1. The van der Waals surface area contributed by atoms with Crippen LogP contribution in [0.2, 0.25) is 10.0 Å². The summed E-state index contributed by atoms with van der Waals surface area (Å²) >= 11 is 12.3. The van der Waals surface area contributed by atoms with E-state index in [1.165, 1.54) is 0 Å². The molecule has 1 aromatic rings. The van der Waals surface area contributed by atoms with Crippen molar-refractivity contribution in [1.82, 2.24) is 9.80 Å². The number of aliphatic hydroxyl groups is 1. The van der Waals surface area contributed by atoms with Crippen molar-refractivity contribution in [2.45, 2.75) is 6.54 Å². The largest absolute Gasteiger partial charge is 0.395 e. The molecule has 1 fully saturated rings. The highest BCUT2D eigenvalue weighted by molar-refractivity contribution is 6.42. The molecule has 0 aromatic heterocycles. The van der Waals surface area contributed by atoms with Crippen LogP contribution >= 0.6 is 23.2 Å². The molecule has 1 aromatic carbocycles. The van der Waals surface area contributed by atoms with Crippen LogP contribution in [0.5, 0.6) is 0 Å². The molecule has 0 aliphatic carbocycles. The minimum Gasteiger partial charge on any atom is -0.395 e. The lowest BCUT2D eigenvalue weighted by Gasteiger charge is -2.30. The molecule has 1 saturated heterocycles. The standard InChI is InChI=1S/C15H22Cl2N2O2/c16-14-3-1-2-13(15(14)17)12-19(6-9-20)5-4-18-7-10-21-11-8-18/h1-3,20H,4-12H2. The molecule has 0 amide bonds. The second-order valence-corrected chi connectivity index (χ2v) is 5.95. The van der Waals surface area contributed by atoms with E-state index in [-0.39, 0.29) is 6.61 Å². The van der Waals surface area contributed by atoms with Crippen molar-refractivity contribution < 1.29 is 9.84 Å². The first-order valence-electron chi connectivity index (χ1n) is 7.27. The topological polar surface area (TPSA) is 35.9 Å². The van der Waals surface area contributed by atoms with Gasteiger partial charge in [0.05, 0.1) is 29.9 Å². The zero-order chi connectivity index (χ0) is 15.1. The van der Waals surface area contributed by atoms with Gasteiger partial charge in [-0.15, -0.1) is 0 Å². The Morgan fingerprint density at radius 2 is 1.95 bits per heavy atom. The highest BCUT2D eigenvalue weighted by atomic mass is 35.5. The Kier molecular flexibility index (Phi) is 7.23. The number of benzene rings is 1. The summed E-state index contributed by atoms with van der Waals surface area (Å²) < 4.78 is 5.35. The highest BCUT2D eigenvalue weighted by Crippen LogP contribution is 2.26. The zero-order valence-electron chi connectivity index (χ0n) is 12.1. The van der Waals surface area contributed by atoms with Gasteiger partial charge in [-0.25, -0.2) is 0 Å². The van der Waals surface area contributed by atoms with Crippen molar-refractivity contribution in [1.29, 1.82) is 0 Å². The fourth-order valence-corrected chi connectivity index (χ4v) is 2.81. The normalized spacial score (nSPS) is 16.6. The smallest absolute Gasteiger partial charge is 0.0637 e. The van der Waals surface area contributed by atoms with Gasteiger partial charge in [0.1, 0.15) is 0 Å². The lowest BCUT2D eigenvalue weighted by atomic mass is 10.2. The third kappa shape index (κ3) is 5.40. The summed E-state index contributed by atoms with van der Waals surface area (Å²) in [5.74, 6) is 0. The summed E-state index contributed by atoms with van der Waals surface area (Å²) in [6.07, 6.45) is 0. The summed E-state index contributed by atoms with van der Waals surface area (Å²) in [6.45, 7) is 6.90. The van der Waals surface area contributed by atoms with Crippen LogP contribution in [0.4, 0.5) is 0 Å². The Morgan fingerprint density at radius 3 is 2.67 bits per heavy atom. The highest BCUT2D eigenvalue weighted by Gasteiger charge is 2.14. The van der Waals surface area contributed by atoms with Crippen LogP contribution < -0.4 is 0 Å². The molecule has 0 bridgehead atoms. The molecule has 6 heteroatoms. The quantitative estimate of drug-likeness (QED) is 0.829. The predicted molar refractivity (Wildman–Crippen MR) is 86.1 cm³/mol. The van der Waals surface area contributed by atoms with Crippen LogP contribution in [0.1, 0.15) is 5.56 Å². The number of rotatable bonds is 7. The summed E-state index contributed by atoms with van der Waals surface area (Å²) in [6, 6.07) is 5.67. The van der Waals surface area contributed by atoms with E-state index in [0.717, 1.165) is 45.0 Å². The van der Waals surface area contributed by atoms with Gasteiger partial charge in [0.25, 0.3) is 0 Å². The fourth-order valence-electron chi connectivity index (χ4n) is 2.43. The minimum atomic E-state index is 0.140. The van der Waals surface area contributed by atoms with Crippen LogP contribution in [-0.4, -0.2) is 67.5 Å². The average Bonchev–Trinajstić information content (AvgIpc) is 2.50. The zero-order valence-corrected chi connectivity index (χ0v) is 13.6. The Morgan fingerprint density at radius 1 is 1.19 bits per heavy atom. The van der Waals surface area contributed by atoms with Crippen molar-refractivity contribution in [3.63, 3.8) is 0 Å². The molecule has 0 radical (unpaired) electrons. The van der Waals surface area contributed by atoms with Crippen LogP contribution in [0.25, 0.3) is 0 Å². The first-order valence-corrected chi connectivity index (χ1v) is 8.02. The Balaban J connectivity index is 1.90. The fraction of sp³-hybridized carbons (Fsp3) is 0.600. The first kappa shape index (κ1) is 17.0. The van der Waals surface area contributed by atoms with Crippen molar-refractivity contribution in [3.8, 4) is 0 Å². The Hall–Kier alpha value is -0.360. The maximum absolute atomic E-state index is 9.24. The van der Waals surface area contributed by atoms with Crippen LogP contribution in [0.3, 0.4) is 0 Å². The number of aliphatic hydroxyl groups excluding tert-OH is 1. The molecule has 21 heavy (non-hydrogen) atoms. The molecular weight excluding hydrogens is 311 g/mol. The summed E-state index contributed by atoms with van der Waals surface area (Å²) in [5.41, 5.74) is 1.000. The van der Waals surface area contributed by atoms with Crippen molar-refractivity contribution >= 4 is 23.2 Å². The van der Waals surface area contributed by atoms with Crippen molar-refractivity contribution in [3.05, 3.63) is 33.8 Å². The Bertz CT molecular complexity index is 440. The molecule has 0 atom stereocenters. The molecule has 1 heterocycles. The van der Waals surface area contributed by atoms with Crippen LogP contribution in [0, 0.1) is 0 Å². The van der Waals surface area contributed by atoms with Gasteiger partial charge >= 0.3 is 0 Å². The summed E-state index contributed by atoms with van der Waals surface area (Å²) in [5, 5.41) is 10.4. The molecule has 1 N–H and O–H groups in total. The van der Waals surface area contributed by atoms with Gasteiger partial charge in [0.15, 0.2) is 0 Å². The molecule has 0 saturated carbocycles. The van der Waals surface area contributed by atoms with Gasteiger partial charge in [0.2, 0.25) is 0 Å².